The van der Waals surface area contributed by atoms with Gasteiger partial charge in [-0.2, -0.15) is 0 Å². The number of aliphatic hydroxyl groups excluding tert-OH is 1. The zero-order valence-corrected chi connectivity index (χ0v) is 21.3. The molecule has 2 aliphatic heterocycles. The third-order valence-corrected chi connectivity index (χ3v) is 6.51. The summed E-state index contributed by atoms with van der Waals surface area (Å²) in [6.07, 6.45) is 11.7. The maximum Gasteiger partial charge on any atom is 0.343 e. The molecule has 2 heterocycles. The van der Waals surface area contributed by atoms with E-state index in [1.807, 2.05) is 13.8 Å². The number of ether oxygens (including phenoxy) is 1. The molecule has 8 heteroatoms. The molecular weight excluding hydrogens is 450 g/mol. The largest absolute Gasteiger partial charge is 0.504 e. The minimum absolute atomic E-state index is 0.0707. The Kier molecular flexibility index (Phi) is 10.3. The van der Waals surface area contributed by atoms with E-state index in [1.165, 1.54) is 16.5 Å². The van der Waals surface area contributed by atoms with E-state index in [9.17, 15) is 24.6 Å². The molecule has 3 N–H and O–H groups in total. The van der Waals surface area contributed by atoms with E-state index in [2.05, 4.69) is 13.0 Å². The molecule has 2 rings (SSSR count). The van der Waals surface area contributed by atoms with Gasteiger partial charge in [0.25, 0.3) is 0 Å². The number of carbonyl (C=O) groups excluding carboxylic acids is 2. The number of carbonyl (C=O) groups is 3. The van der Waals surface area contributed by atoms with Gasteiger partial charge in [-0.1, -0.05) is 18.6 Å². The van der Waals surface area contributed by atoms with E-state index in [4.69, 9.17) is 9.84 Å². The number of hydrogen-bond donors (Lipinski definition) is 3. The van der Waals surface area contributed by atoms with Gasteiger partial charge in [-0.25, -0.2) is 4.79 Å². The topological polar surface area (TPSA) is 124 Å². The van der Waals surface area contributed by atoms with E-state index in [-0.39, 0.29) is 35.5 Å². The van der Waals surface area contributed by atoms with Crippen molar-refractivity contribution in [3.05, 3.63) is 46.5 Å². The average molecular weight is 490 g/mol. The number of esters is 1. The van der Waals surface area contributed by atoms with Gasteiger partial charge in [-0.3, -0.25) is 9.59 Å². The molecule has 2 atom stereocenters. The van der Waals surface area contributed by atoms with Crippen LogP contribution in [0.15, 0.2) is 46.5 Å². The Morgan fingerprint density at radius 3 is 2.63 bits per heavy atom. The number of allylic oxidation sites excluding steroid dienone is 3. The van der Waals surface area contributed by atoms with Crippen molar-refractivity contribution in [1.29, 1.82) is 0 Å². The van der Waals surface area contributed by atoms with Gasteiger partial charge in [0.15, 0.2) is 11.5 Å². The molecule has 0 radical (unpaired) electrons. The summed E-state index contributed by atoms with van der Waals surface area (Å²) in [7, 11) is 0. The van der Waals surface area contributed by atoms with Crippen LogP contribution in [0, 0.1) is 5.92 Å². The predicted molar refractivity (Wildman–Crippen MR) is 132 cm³/mol. The molecule has 0 aliphatic carbocycles. The molecule has 0 aromatic carbocycles. The maximum atomic E-state index is 11.8. The summed E-state index contributed by atoms with van der Waals surface area (Å²) in [5.41, 5.74) is 1.62. The number of rotatable bonds is 14. The fourth-order valence-corrected chi connectivity index (χ4v) is 4.30. The molecule has 0 bridgehead atoms. The minimum atomic E-state index is -1.02. The molecule has 0 fully saturated rings. The van der Waals surface area contributed by atoms with Gasteiger partial charge < -0.3 is 25.0 Å². The molecule has 1 amide bonds. The highest BCUT2D eigenvalue weighted by Gasteiger charge is 2.27. The lowest BCUT2D eigenvalue weighted by atomic mass is 9.91. The van der Waals surface area contributed by atoms with Crippen LogP contribution in [0.4, 0.5) is 0 Å². The van der Waals surface area contributed by atoms with Crippen molar-refractivity contribution < 1.29 is 34.4 Å². The van der Waals surface area contributed by atoms with Crippen molar-refractivity contribution >= 4 is 17.8 Å². The first-order chi connectivity index (χ1) is 16.4. The molecule has 2 unspecified atom stereocenters. The first-order valence-electron chi connectivity index (χ1n) is 12.3. The lowest BCUT2D eigenvalue weighted by molar-refractivity contribution is -0.142. The quantitative estimate of drug-likeness (QED) is 0.241. The Morgan fingerprint density at radius 1 is 1.29 bits per heavy atom. The summed E-state index contributed by atoms with van der Waals surface area (Å²) in [4.78, 5) is 35.4. The molecule has 2 aliphatic rings. The summed E-state index contributed by atoms with van der Waals surface area (Å²) in [6.45, 7) is 7.56. The Hall–Kier alpha value is -2.87. The van der Waals surface area contributed by atoms with Crippen molar-refractivity contribution in [1.82, 2.24) is 4.90 Å². The predicted octanol–water partition coefficient (Wildman–Crippen LogP) is 4.57. The van der Waals surface area contributed by atoms with E-state index >= 15 is 0 Å². The monoisotopic (exact) mass is 489 g/mol. The summed E-state index contributed by atoms with van der Waals surface area (Å²) in [5.74, 6) is -1.42. The molecule has 194 valence electrons. The summed E-state index contributed by atoms with van der Waals surface area (Å²) < 4.78 is 5.07. The van der Waals surface area contributed by atoms with E-state index < -0.39 is 17.5 Å². The van der Waals surface area contributed by atoms with Crippen LogP contribution >= 0.6 is 0 Å². The standard InChI is InChI=1S/C27H39NO7/c1-18(8-5-9-19(2)14-22-25(32)20(3)26(33)35-22)10-6-12-27(4,34)13-7-11-21-15-23(29)28(16-21)17-24(30)31/h10,14-15,19,32,34H,5-9,11-13,16-17H2,1-4H3,(H,30,31). The van der Waals surface area contributed by atoms with Crippen LogP contribution in [0.1, 0.15) is 79.1 Å². The Bertz CT molecular complexity index is 939. The highest BCUT2D eigenvalue weighted by molar-refractivity contribution is 5.93. The number of carboxylic acid groups (broad SMARTS) is 1. The fourth-order valence-electron chi connectivity index (χ4n) is 4.30. The smallest absolute Gasteiger partial charge is 0.343 e. The third kappa shape index (κ3) is 9.36. The summed E-state index contributed by atoms with van der Waals surface area (Å²) in [5, 5.41) is 29.5. The van der Waals surface area contributed by atoms with Crippen LogP contribution in [0.3, 0.4) is 0 Å². The molecule has 0 aromatic rings. The van der Waals surface area contributed by atoms with E-state index in [0.717, 1.165) is 37.7 Å². The van der Waals surface area contributed by atoms with E-state index in [0.29, 0.717) is 25.8 Å². The number of carboxylic acids is 1. The van der Waals surface area contributed by atoms with Crippen LogP contribution in [-0.4, -0.2) is 56.8 Å². The second-order valence-electron chi connectivity index (χ2n) is 10.1. The maximum absolute atomic E-state index is 11.8. The zero-order valence-electron chi connectivity index (χ0n) is 21.3. The van der Waals surface area contributed by atoms with Gasteiger partial charge >= 0.3 is 11.9 Å². The number of hydrogen-bond acceptors (Lipinski definition) is 6. The fraction of sp³-hybridized carbons (Fsp3) is 0.593. The molecule has 0 saturated heterocycles. The van der Waals surface area contributed by atoms with Crippen LogP contribution < -0.4 is 0 Å². The van der Waals surface area contributed by atoms with Gasteiger partial charge in [0, 0.05) is 12.6 Å². The normalized spacial score (nSPS) is 20.4. The van der Waals surface area contributed by atoms with Crippen LogP contribution in [0.25, 0.3) is 0 Å². The Morgan fingerprint density at radius 2 is 2.00 bits per heavy atom. The lowest BCUT2D eigenvalue weighted by Crippen LogP contribution is -2.31. The van der Waals surface area contributed by atoms with Crippen molar-refractivity contribution in [2.75, 3.05) is 13.1 Å². The third-order valence-electron chi connectivity index (χ3n) is 6.51. The first kappa shape index (κ1) is 28.4. The zero-order chi connectivity index (χ0) is 26.2. The van der Waals surface area contributed by atoms with E-state index in [1.54, 1.807) is 13.0 Å². The number of nitrogens with zero attached hydrogens (tertiary/aromatic N) is 1. The molecular formula is C27H39NO7. The Balaban J connectivity index is 1.64. The molecule has 35 heavy (non-hydrogen) atoms. The van der Waals surface area contributed by atoms with Gasteiger partial charge in [0.1, 0.15) is 6.54 Å². The second-order valence-corrected chi connectivity index (χ2v) is 10.1. The molecule has 0 aromatic heterocycles. The number of amides is 1. The van der Waals surface area contributed by atoms with Crippen molar-refractivity contribution in [2.45, 2.75) is 84.7 Å². The minimum Gasteiger partial charge on any atom is -0.504 e. The first-order valence-corrected chi connectivity index (χ1v) is 12.3. The van der Waals surface area contributed by atoms with Crippen LogP contribution in [0.2, 0.25) is 0 Å². The molecule has 8 nitrogen and oxygen atoms in total. The van der Waals surface area contributed by atoms with Crippen molar-refractivity contribution in [3.8, 4) is 0 Å². The van der Waals surface area contributed by atoms with Gasteiger partial charge in [-0.15, -0.1) is 0 Å². The molecule has 0 saturated carbocycles. The summed E-state index contributed by atoms with van der Waals surface area (Å²) >= 11 is 0. The van der Waals surface area contributed by atoms with Gasteiger partial charge in [0.2, 0.25) is 5.91 Å². The SMILES string of the molecule is CC(=CCCC(C)(O)CCCC1=CC(=O)N(CC(=O)O)C1)CCCC(C)C=C1OC(=O)C(C)=C1O. The number of aliphatic hydroxyl groups is 2. The van der Waals surface area contributed by atoms with Gasteiger partial charge in [0.05, 0.1) is 11.2 Å². The lowest BCUT2D eigenvalue weighted by Gasteiger charge is -2.23. The van der Waals surface area contributed by atoms with Crippen LogP contribution in [-0.2, 0) is 19.1 Å². The Labute approximate surface area is 207 Å². The van der Waals surface area contributed by atoms with Gasteiger partial charge in [-0.05, 0) is 89.7 Å². The number of aliphatic carboxylic acids is 1. The highest BCUT2D eigenvalue weighted by atomic mass is 16.6. The van der Waals surface area contributed by atoms with Crippen LogP contribution in [0.5, 0.6) is 0 Å². The van der Waals surface area contributed by atoms with Crippen molar-refractivity contribution in [2.24, 2.45) is 5.92 Å². The average Bonchev–Trinajstić information content (AvgIpc) is 3.20. The number of cyclic esters (lactones) is 1. The molecule has 0 spiro atoms. The van der Waals surface area contributed by atoms with Crippen molar-refractivity contribution in [3.63, 3.8) is 0 Å². The second kappa shape index (κ2) is 12.7. The highest BCUT2D eigenvalue weighted by Crippen LogP contribution is 2.27. The summed E-state index contributed by atoms with van der Waals surface area (Å²) in [6, 6.07) is 0.